The van der Waals surface area contributed by atoms with Gasteiger partial charge in [0.2, 0.25) is 5.91 Å². The van der Waals surface area contributed by atoms with Crippen LogP contribution in [0.15, 0.2) is 29.2 Å². The predicted molar refractivity (Wildman–Crippen MR) is 80.2 cm³/mol. The molecule has 1 atom stereocenters. The normalized spacial score (nSPS) is 18.9. The highest BCUT2D eigenvalue weighted by molar-refractivity contribution is 8.00. The number of piperidine rings is 1. The molecule has 20 heavy (non-hydrogen) atoms. The van der Waals surface area contributed by atoms with Crippen LogP contribution < -0.4 is 4.74 Å². The van der Waals surface area contributed by atoms with E-state index >= 15 is 0 Å². The number of amides is 1. The molecule has 0 aromatic heterocycles. The molecule has 1 heterocycles. The highest BCUT2D eigenvalue weighted by Gasteiger charge is 2.21. The van der Waals surface area contributed by atoms with Crippen molar-refractivity contribution >= 4 is 17.7 Å². The van der Waals surface area contributed by atoms with Crippen molar-refractivity contribution in [1.82, 2.24) is 4.90 Å². The summed E-state index contributed by atoms with van der Waals surface area (Å²) in [5.41, 5.74) is 0. The van der Waals surface area contributed by atoms with Gasteiger partial charge < -0.3 is 14.7 Å². The molecule has 110 valence electrons. The zero-order chi connectivity index (χ0) is 14.4. The second-order valence-electron chi connectivity index (χ2n) is 4.83. The highest BCUT2D eigenvalue weighted by atomic mass is 32.2. The number of ether oxygens (including phenoxy) is 1. The van der Waals surface area contributed by atoms with Crippen molar-refractivity contribution in [3.05, 3.63) is 24.3 Å². The van der Waals surface area contributed by atoms with Crippen LogP contribution in [0.3, 0.4) is 0 Å². The lowest BCUT2D eigenvalue weighted by molar-refractivity contribution is -0.131. The molecule has 5 heteroatoms. The average Bonchev–Trinajstić information content (AvgIpc) is 2.46. The second kappa shape index (κ2) is 7.55. The molecular weight excluding hydrogens is 274 g/mol. The molecule has 0 radical (unpaired) electrons. The van der Waals surface area contributed by atoms with E-state index in [2.05, 4.69) is 0 Å². The summed E-state index contributed by atoms with van der Waals surface area (Å²) in [5, 5.41) is 9.58. The summed E-state index contributed by atoms with van der Waals surface area (Å²) in [6.07, 6.45) is 1.33. The Kier molecular flexibility index (Phi) is 5.73. The zero-order valence-electron chi connectivity index (χ0n) is 11.7. The summed E-state index contributed by atoms with van der Waals surface area (Å²) in [4.78, 5) is 14.9. The number of benzene rings is 1. The molecule has 0 bridgehead atoms. The first-order valence-electron chi connectivity index (χ1n) is 7.00. The van der Waals surface area contributed by atoms with Crippen molar-refractivity contribution in [3.63, 3.8) is 0 Å². The van der Waals surface area contributed by atoms with E-state index in [1.807, 2.05) is 31.2 Å². The second-order valence-corrected chi connectivity index (χ2v) is 5.88. The van der Waals surface area contributed by atoms with Crippen LogP contribution in [-0.4, -0.2) is 47.5 Å². The number of carbonyl (C=O) groups excluding carboxylic acids is 1. The molecule has 0 saturated carbocycles. The van der Waals surface area contributed by atoms with Gasteiger partial charge in [-0.3, -0.25) is 4.79 Å². The van der Waals surface area contributed by atoms with Crippen LogP contribution in [0.2, 0.25) is 0 Å². The van der Waals surface area contributed by atoms with E-state index in [1.54, 1.807) is 4.90 Å². The number of aliphatic hydroxyl groups excluding tert-OH is 1. The Morgan fingerprint density at radius 2 is 2.20 bits per heavy atom. The fraction of sp³-hybridized carbons (Fsp3) is 0.533. The lowest BCUT2D eigenvalue weighted by atomic mass is 10.1. The van der Waals surface area contributed by atoms with Crippen molar-refractivity contribution in [1.29, 1.82) is 0 Å². The first kappa shape index (κ1) is 15.2. The van der Waals surface area contributed by atoms with Gasteiger partial charge in [0.1, 0.15) is 5.75 Å². The Hall–Kier alpha value is -1.20. The molecule has 1 fully saturated rings. The third kappa shape index (κ3) is 4.42. The Morgan fingerprint density at radius 1 is 1.45 bits per heavy atom. The lowest BCUT2D eigenvalue weighted by Crippen LogP contribution is -2.42. The maximum absolute atomic E-state index is 12.1. The molecule has 0 aliphatic carbocycles. The van der Waals surface area contributed by atoms with E-state index in [0.717, 1.165) is 30.0 Å². The Balaban J connectivity index is 1.80. The Labute approximate surface area is 124 Å². The van der Waals surface area contributed by atoms with Gasteiger partial charge in [0.25, 0.3) is 0 Å². The van der Waals surface area contributed by atoms with Gasteiger partial charge in [-0.05, 0) is 44.0 Å². The molecule has 0 unspecified atom stereocenters. The fourth-order valence-corrected chi connectivity index (χ4v) is 3.02. The van der Waals surface area contributed by atoms with Gasteiger partial charge in [-0.2, -0.15) is 0 Å². The van der Waals surface area contributed by atoms with Crippen LogP contribution in [-0.2, 0) is 4.79 Å². The van der Waals surface area contributed by atoms with Gasteiger partial charge >= 0.3 is 0 Å². The standard InChI is InChI=1S/C15H21NO3S/c1-2-19-13-5-7-14(8-6-13)20-11-15(18)16-9-3-4-12(17)10-16/h5-8,12,17H,2-4,9-11H2,1H3/t12-/m0/s1. The molecule has 1 amide bonds. The number of rotatable bonds is 5. The highest BCUT2D eigenvalue weighted by Crippen LogP contribution is 2.22. The molecule has 1 aliphatic rings. The number of aliphatic hydroxyl groups is 1. The van der Waals surface area contributed by atoms with Crippen LogP contribution in [0.4, 0.5) is 0 Å². The van der Waals surface area contributed by atoms with Crippen molar-refractivity contribution in [2.75, 3.05) is 25.4 Å². The predicted octanol–water partition coefficient (Wildman–Crippen LogP) is 2.16. The van der Waals surface area contributed by atoms with E-state index in [1.165, 1.54) is 11.8 Å². The number of hydrogen-bond donors (Lipinski definition) is 1. The number of carbonyl (C=O) groups is 1. The summed E-state index contributed by atoms with van der Waals surface area (Å²) < 4.78 is 5.38. The minimum absolute atomic E-state index is 0.0997. The number of β-amino-alcohol motifs (C(OH)–C–C–N with tert-alkyl or cyclic N) is 1. The van der Waals surface area contributed by atoms with Crippen molar-refractivity contribution in [3.8, 4) is 5.75 Å². The summed E-state index contributed by atoms with van der Waals surface area (Å²) in [6.45, 7) is 3.85. The van der Waals surface area contributed by atoms with Gasteiger partial charge in [0.05, 0.1) is 18.5 Å². The third-order valence-electron chi connectivity index (χ3n) is 3.25. The largest absolute Gasteiger partial charge is 0.494 e. The Bertz CT molecular complexity index is 435. The monoisotopic (exact) mass is 295 g/mol. The molecule has 2 rings (SSSR count). The topological polar surface area (TPSA) is 49.8 Å². The van der Waals surface area contributed by atoms with Gasteiger partial charge in [-0.15, -0.1) is 11.8 Å². The smallest absolute Gasteiger partial charge is 0.233 e. The maximum Gasteiger partial charge on any atom is 0.233 e. The summed E-state index contributed by atoms with van der Waals surface area (Å²) in [7, 11) is 0. The molecule has 1 aromatic rings. The Morgan fingerprint density at radius 3 is 2.85 bits per heavy atom. The summed E-state index contributed by atoms with van der Waals surface area (Å²) in [5.74, 6) is 1.37. The van der Waals surface area contributed by atoms with Gasteiger partial charge in [-0.1, -0.05) is 0 Å². The summed E-state index contributed by atoms with van der Waals surface area (Å²) >= 11 is 1.52. The van der Waals surface area contributed by atoms with Crippen molar-refractivity contribution < 1.29 is 14.6 Å². The quantitative estimate of drug-likeness (QED) is 0.846. The third-order valence-corrected chi connectivity index (χ3v) is 4.24. The number of thioether (sulfide) groups is 1. The number of hydrogen-bond acceptors (Lipinski definition) is 4. The first-order valence-corrected chi connectivity index (χ1v) is 7.99. The van der Waals surface area contributed by atoms with Crippen molar-refractivity contribution in [2.24, 2.45) is 0 Å². The van der Waals surface area contributed by atoms with Crippen molar-refractivity contribution in [2.45, 2.75) is 30.8 Å². The molecule has 1 aromatic carbocycles. The lowest BCUT2D eigenvalue weighted by Gasteiger charge is -2.30. The zero-order valence-corrected chi connectivity index (χ0v) is 12.6. The molecule has 1 saturated heterocycles. The van der Waals surface area contributed by atoms with E-state index in [9.17, 15) is 9.90 Å². The van der Waals surface area contributed by atoms with Crippen LogP contribution in [0, 0.1) is 0 Å². The van der Waals surface area contributed by atoms with E-state index < -0.39 is 0 Å². The van der Waals surface area contributed by atoms with E-state index in [0.29, 0.717) is 18.9 Å². The average molecular weight is 295 g/mol. The number of likely N-dealkylation sites (tertiary alicyclic amines) is 1. The van der Waals surface area contributed by atoms with Crippen LogP contribution in [0.1, 0.15) is 19.8 Å². The van der Waals surface area contributed by atoms with Crippen LogP contribution in [0.5, 0.6) is 5.75 Å². The molecular formula is C15H21NO3S. The molecule has 1 N–H and O–H groups in total. The van der Waals surface area contributed by atoms with E-state index in [-0.39, 0.29) is 12.0 Å². The number of nitrogens with zero attached hydrogens (tertiary/aromatic N) is 1. The molecule has 4 nitrogen and oxygen atoms in total. The maximum atomic E-state index is 12.1. The van der Waals surface area contributed by atoms with Gasteiger partial charge in [0.15, 0.2) is 0 Å². The molecule has 1 aliphatic heterocycles. The minimum Gasteiger partial charge on any atom is -0.494 e. The van der Waals surface area contributed by atoms with Crippen LogP contribution in [0.25, 0.3) is 0 Å². The van der Waals surface area contributed by atoms with Gasteiger partial charge in [-0.25, -0.2) is 0 Å². The van der Waals surface area contributed by atoms with E-state index in [4.69, 9.17) is 4.74 Å². The van der Waals surface area contributed by atoms with Gasteiger partial charge in [0, 0.05) is 18.0 Å². The fourth-order valence-electron chi connectivity index (χ4n) is 2.22. The SMILES string of the molecule is CCOc1ccc(SCC(=O)N2CCC[C@H](O)C2)cc1. The first-order chi connectivity index (χ1) is 9.69. The molecule has 0 spiro atoms. The summed E-state index contributed by atoms with van der Waals surface area (Å²) in [6, 6.07) is 7.77. The minimum atomic E-state index is -0.358. The van der Waals surface area contributed by atoms with Crippen LogP contribution >= 0.6 is 11.8 Å².